The maximum absolute atomic E-state index is 14.9. The second kappa shape index (κ2) is 23.3. The quantitative estimate of drug-likeness (QED) is 0.0101. The molecule has 1 fully saturated rings. The minimum absolute atomic E-state index is 0.0773. The molecule has 2 aromatic heterocycles. The van der Waals surface area contributed by atoms with Crippen LogP contribution in [0.1, 0.15) is 62.6 Å². The largest absolute Gasteiger partial charge is 0.497 e. The number of carbonyl (C=O) groups is 4. The van der Waals surface area contributed by atoms with Gasteiger partial charge in [-0.1, -0.05) is 139 Å². The van der Waals surface area contributed by atoms with Crippen molar-refractivity contribution < 1.29 is 42.8 Å². The highest BCUT2D eigenvalue weighted by Gasteiger charge is 2.55. The molecule has 16 nitrogen and oxygen atoms in total. The summed E-state index contributed by atoms with van der Waals surface area (Å²) < 4.78 is 18.8. The third-order valence-corrected chi connectivity index (χ3v) is 16.0. The van der Waals surface area contributed by atoms with Gasteiger partial charge in [0.25, 0.3) is 11.8 Å². The van der Waals surface area contributed by atoms with Gasteiger partial charge in [0.15, 0.2) is 10.8 Å². The molecule has 0 spiro atoms. The van der Waals surface area contributed by atoms with Crippen LogP contribution in [0.5, 0.6) is 5.75 Å². The number of thioether (sulfide) groups is 2. The van der Waals surface area contributed by atoms with E-state index in [1.165, 1.54) is 53.6 Å². The first-order chi connectivity index (χ1) is 37.5. The third kappa shape index (κ3) is 11.9. The number of β-lactam (4-membered cyclic amide) rings is 1. The fourth-order valence-corrected chi connectivity index (χ4v) is 12.1. The third-order valence-electron chi connectivity index (χ3n) is 12.8. The van der Waals surface area contributed by atoms with Crippen molar-refractivity contribution in [2.24, 2.45) is 12.2 Å². The molecular weight excluding hydrogens is 1040 g/mol. The molecule has 78 heavy (non-hydrogen) atoms. The molecule has 7 aromatic rings. The molecule has 0 radical (unpaired) electrons. The summed E-state index contributed by atoms with van der Waals surface area (Å²) in [5, 5.41) is 12.9. The number of rotatable bonds is 19. The number of nitrogen functional groups attached to an aromatic ring is 1. The predicted octanol–water partition coefficient (Wildman–Crippen LogP) is 9.06. The Morgan fingerprint density at radius 1 is 0.833 bits per heavy atom. The SMILES string of the molecule is COc1ccc(COC(=O)C2=C(CSc3nc(N)cc(-c4ccccc4)[n+]3C)CSC3C(NC(=O)/C(=N\OC(C)(C)C(=O)OC(C)(C)C)c4csc(NC(c5ccccc5)(c5ccccc5)c5ccccc5)n4)C(=O)N23)cc1. The van der Waals surface area contributed by atoms with Crippen LogP contribution in [0.15, 0.2) is 179 Å². The van der Waals surface area contributed by atoms with Crippen molar-refractivity contribution in [1.29, 1.82) is 0 Å². The lowest BCUT2D eigenvalue weighted by atomic mass is 9.77. The van der Waals surface area contributed by atoms with Gasteiger partial charge in [-0.25, -0.2) is 19.1 Å². The lowest BCUT2D eigenvalue weighted by molar-refractivity contribution is -0.702. The fraction of sp³-hybridized carbons (Fsp3) is 0.254. The number of thiazole rings is 1. The maximum atomic E-state index is 14.9. The van der Waals surface area contributed by atoms with Gasteiger partial charge in [0, 0.05) is 22.4 Å². The highest BCUT2D eigenvalue weighted by molar-refractivity contribution is 8.01. The first-order valence-corrected chi connectivity index (χ1v) is 27.9. The number of anilines is 2. The van der Waals surface area contributed by atoms with Gasteiger partial charge in [-0.15, -0.1) is 23.1 Å². The van der Waals surface area contributed by atoms with E-state index in [1.54, 1.807) is 63.6 Å². The first kappa shape index (κ1) is 54.8. The van der Waals surface area contributed by atoms with Crippen molar-refractivity contribution in [3.8, 4) is 17.0 Å². The second-order valence-corrected chi connectivity index (χ2v) is 22.8. The number of methoxy groups -OCH3 is 1. The molecule has 1 saturated heterocycles. The Bertz CT molecular complexity index is 3280. The average molecular weight is 1100 g/mol. The van der Waals surface area contributed by atoms with Crippen molar-refractivity contribution in [3.63, 3.8) is 0 Å². The van der Waals surface area contributed by atoms with Gasteiger partial charge in [-0.3, -0.25) is 14.5 Å². The molecule has 400 valence electrons. The number of aromatic nitrogens is 3. The standard InChI is InChI=1S/C59H58N8O8S3/c1-57(2,3)74-54(71)58(4,5)75-65-47(44-36-77-55(61-44)64-59(40-22-14-9-15-23-40,41-24-16-10-17-25-41)42-26-18-11-19-27-42)50(68)63-48-51(69)67-49(53(70)73-33-37-28-30-43(72-7)31-29-37)39(34-76-52(48)67)35-78-56-62-46(60)32-45(66(56)6)38-20-12-8-13-21-38/h8-32,36,48,52,60H,33-35H2,1-7H3,(H2,61,63,64,68)/p+1/b65-47-. The van der Waals surface area contributed by atoms with Crippen LogP contribution in [-0.2, 0) is 52.7 Å². The number of carbonyl (C=O) groups excluding carboxylic acids is 4. The zero-order valence-corrected chi connectivity index (χ0v) is 46.5. The molecule has 5 aromatic carbocycles. The van der Waals surface area contributed by atoms with E-state index in [9.17, 15) is 19.2 Å². The molecule has 4 heterocycles. The number of hydrogen-bond acceptors (Lipinski definition) is 16. The Morgan fingerprint density at radius 3 is 2.00 bits per heavy atom. The van der Waals surface area contributed by atoms with Crippen LogP contribution >= 0.6 is 34.9 Å². The van der Waals surface area contributed by atoms with Gasteiger partial charge in [0.05, 0.1) is 20.2 Å². The van der Waals surface area contributed by atoms with Crippen LogP contribution in [0.3, 0.4) is 0 Å². The summed E-state index contributed by atoms with van der Waals surface area (Å²) >= 11 is 3.99. The molecule has 0 aliphatic carbocycles. The summed E-state index contributed by atoms with van der Waals surface area (Å²) in [6, 6.07) is 47.5. The zero-order valence-electron chi connectivity index (χ0n) is 44.1. The van der Waals surface area contributed by atoms with E-state index < -0.39 is 51.9 Å². The van der Waals surface area contributed by atoms with E-state index in [-0.39, 0.29) is 29.5 Å². The van der Waals surface area contributed by atoms with Gasteiger partial charge >= 0.3 is 17.1 Å². The number of nitrogens with one attached hydrogen (secondary N) is 2. The highest BCUT2D eigenvalue weighted by Crippen LogP contribution is 2.43. The minimum Gasteiger partial charge on any atom is -0.497 e. The first-order valence-electron chi connectivity index (χ1n) is 25.0. The molecule has 0 saturated carbocycles. The zero-order chi connectivity index (χ0) is 55.2. The van der Waals surface area contributed by atoms with Crippen LogP contribution in [0.4, 0.5) is 10.9 Å². The van der Waals surface area contributed by atoms with Crippen LogP contribution in [-0.4, -0.2) is 85.6 Å². The Hall–Kier alpha value is -8.00. The average Bonchev–Trinajstić information content (AvgIpc) is 3.98. The number of nitrogens with two attached hydrogens (primary N) is 1. The number of ether oxygens (including phenoxy) is 3. The Kier molecular flexibility index (Phi) is 16.4. The van der Waals surface area contributed by atoms with Gasteiger partial charge in [0.2, 0.25) is 11.4 Å². The van der Waals surface area contributed by atoms with Crippen molar-refractivity contribution >= 4 is 75.3 Å². The Balaban J connectivity index is 1.03. The molecule has 0 bridgehead atoms. The molecule has 2 aliphatic heterocycles. The van der Waals surface area contributed by atoms with Crippen molar-refractivity contribution in [3.05, 3.63) is 196 Å². The Labute approximate surface area is 465 Å². The maximum Gasteiger partial charge on any atom is 0.362 e. The number of hydrogen-bond donors (Lipinski definition) is 3. The van der Waals surface area contributed by atoms with Gasteiger partial charge in [-0.2, -0.15) is 0 Å². The number of oxime groups is 1. The molecule has 9 rings (SSSR count). The minimum atomic E-state index is -1.66. The lowest BCUT2D eigenvalue weighted by Gasteiger charge is -2.49. The van der Waals surface area contributed by atoms with E-state index in [4.69, 9.17) is 29.8 Å². The number of esters is 2. The van der Waals surface area contributed by atoms with Gasteiger partial charge < -0.3 is 35.4 Å². The van der Waals surface area contributed by atoms with Crippen LogP contribution in [0, 0.1) is 0 Å². The smallest absolute Gasteiger partial charge is 0.362 e. The predicted molar refractivity (Wildman–Crippen MR) is 303 cm³/mol. The molecule has 2 amide bonds. The summed E-state index contributed by atoms with van der Waals surface area (Å²) in [6.45, 7) is 8.09. The van der Waals surface area contributed by atoms with E-state index in [1.807, 2.05) is 133 Å². The van der Waals surface area contributed by atoms with Crippen LogP contribution in [0.25, 0.3) is 11.3 Å². The summed E-state index contributed by atoms with van der Waals surface area (Å²) in [4.78, 5) is 74.2. The van der Waals surface area contributed by atoms with Gasteiger partial charge in [-0.05, 0) is 91.3 Å². The van der Waals surface area contributed by atoms with E-state index in [0.29, 0.717) is 38.7 Å². The fourth-order valence-electron chi connectivity index (χ4n) is 8.84. The van der Waals surface area contributed by atoms with Crippen molar-refractivity contribution in [1.82, 2.24) is 20.2 Å². The van der Waals surface area contributed by atoms with Crippen molar-refractivity contribution in [2.75, 3.05) is 29.7 Å². The Morgan fingerprint density at radius 2 is 1.42 bits per heavy atom. The molecule has 4 N–H and O–H groups in total. The van der Waals surface area contributed by atoms with Crippen molar-refractivity contribution in [2.45, 2.75) is 74.5 Å². The number of amides is 2. The van der Waals surface area contributed by atoms with E-state index in [0.717, 1.165) is 27.9 Å². The van der Waals surface area contributed by atoms with Crippen LogP contribution < -0.4 is 25.7 Å². The normalized spacial score (nSPS) is 15.7. The molecule has 2 unspecified atom stereocenters. The molecular formula is C59H59N8O8S3+. The molecule has 2 aliphatic rings. The summed E-state index contributed by atoms with van der Waals surface area (Å²) in [5.74, 6) is -1.26. The molecule has 2 atom stereocenters. The van der Waals surface area contributed by atoms with E-state index >= 15 is 0 Å². The summed E-state index contributed by atoms with van der Waals surface area (Å²) in [5.41, 5.74) is 8.67. The topological polar surface area (TPSA) is 201 Å². The molecule has 19 heteroatoms. The summed E-state index contributed by atoms with van der Waals surface area (Å²) in [7, 11) is 3.46. The van der Waals surface area contributed by atoms with Gasteiger partial charge in [0.1, 0.15) is 52.0 Å². The second-order valence-electron chi connectivity index (χ2n) is 19.9. The highest BCUT2D eigenvalue weighted by atomic mass is 32.2. The number of nitrogens with zero attached hydrogens (tertiary/aromatic N) is 5. The number of benzene rings is 5. The summed E-state index contributed by atoms with van der Waals surface area (Å²) in [6.07, 6.45) is 0. The monoisotopic (exact) mass is 1100 g/mol. The van der Waals surface area contributed by atoms with E-state index in [2.05, 4.69) is 20.8 Å². The number of fused-ring (bicyclic) bond motifs is 1. The lowest BCUT2D eigenvalue weighted by Crippen LogP contribution is -2.71. The van der Waals surface area contributed by atoms with Crippen LogP contribution in [0.2, 0.25) is 0 Å².